The molecule has 1 aliphatic heterocycles. The first kappa shape index (κ1) is 16.9. The molecule has 1 amide bonds. The summed E-state index contributed by atoms with van der Waals surface area (Å²) in [4.78, 5) is 21.2. The van der Waals surface area contributed by atoms with Crippen LogP contribution in [-0.4, -0.2) is 41.5 Å². The van der Waals surface area contributed by atoms with Gasteiger partial charge in [-0.05, 0) is 44.4 Å². The first-order valence-electron chi connectivity index (χ1n) is 8.57. The van der Waals surface area contributed by atoms with Crippen molar-refractivity contribution >= 4 is 11.7 Å². The monoisotopic (exact) mass is 303 g/mol. The average Bonchev–Trinajstić information content (AvgIpc) is 2.72. The molecule has 2 unspecified atom stereocenters. The molecule has 1 aromatic heterocycles. The zero-order valence-electron chi connectivity index (χ0n) is 14.2. The second-order valence-corrected chi connectivity index (χ2v) is 6.51. The second kappa shape index (κ2) is 8.28. The van der Waals surface area contributed by atoms with Crippen LogP contribution in [0.3, 0.4) is 0 Å². The third kappa shape index (κ3) is 4.54. The largest absolute Gasteiger partial charge is 0.301 e. The van der Waals surface area contributed by atoms with E-state index in [9.17, 15) is 4.79 Å². The lowest BCUT2D eigenvalue weighted by atomic mass is 10.1. The Balaban J connectivity index is 2.08. The van der Waals surface area contributed by atoms with Crippen molar-refractivity contribution in [1.29, 1.82) is 0 Å². The van der Waals surface area contributed by atoms with Crippen molar-refractivity contribution < 1.29 is 4.79 Å². The number of pyridine rings is 1. The molecule has 2 rings (SSSR count). The van der Waals surface area contributed by atoms with Gasteiger partial charge in [0, 0.05) is 31.7 Å². The van der Waals surface area contributed by atoms with Gasteiger partial charge in [0.25, 0.3) is 0 Å². The topological polar surface area (TPSA) is 36.4 Å². The van der Waals surface area contributed by atoms with Gasteiger partial charge in [-0.3, -0.25) is 9.69 Å². The Kier molecular flexibility index (Phi) is 6.37. The van der Waals surface area contributed by atoms with Crippen LogP contribution >= 0.6 is 0 Å². The van der Waals surface area contributed by atoms with E-state index in [1.165, 1.54) is 19.3 Å². The van der Waals surface area contributed by atoms with Crippen LogP contribution in [0.1, 0.15) is 46.5 Å². The van der Waals surface area contributed by atoms with Gasteiger partial charge in [0.15, 0.2) is 0 Å². The van der Waals surface area contributed by atoms with Crippen LogP contribution in [0.5, 0.6) is 0 Å². The van der Waals surface area contributed by atoms with Gasteiger partial charge in [-0.2, -0.15) is 0 Å². The van der Waals surface area contributed by atoms with Crippen LogP contribution < -0.4 is 4.90 Å². The molecule has 1 aromatic rings. The molecule has 0 saturated carbocycles. The van der Waals surface area contributed by atoms with Crippen LogP contribution in [0.25, 0.3) is 0 Å². The van der Waals surface area contributed by atoms with E-state index in [0.717, 1.165) is 31.4 Å². The van der Waals surface area contributed by atoms with E-state index in [1.807, 2.05) is 30.0 Å². The number of rotatable bonds is 5. The van der Waals surface area contributed by atoms with E-state index < -0.39 is 0 Å². The third-order valence-electron chi connectivity index (χ3n) is 4.42. The van der Waals surface area contributed by atoms with Crippen LogP contribution in [0.4, 0.5) is 5.82 Å². The van der Waals surface area contributed by atoms with E-state index in [4.69, 9.17) is 0 Å². The standard InChI is InChI=1S/C18H29N3O/c1-4-18(22)21(17-10-5-7-11-19-17)16(3)14-20-12-8-6-9-15(2)13-20/h5,7,10-11,15-16H,4,6,8-9,12-14H2,1-3H3. The third-order valence-corrected chi connectivity index (χ3v) is 4.42. The Bertz CT molecular complexity index is 463. The van der Waals surface area contributed by atoms with E-state index in [-0.39, 0.29) is 11.9 Å². The summed E-state index contributed by atoms with van der Waals surface area (Å²) in [7, 11) is 0. The van der Waals surface area contributed by atoms with Crippen molar-refractivity contribution in [2.75, 3.05) is 24.5 Å². The zero-order valence-corrected chi connectivity index (χ0v) is 14.2. The van der Waals surface area contributed by atoms with Gasteiger partial charge >= 0.3 is 0 Å². The molecule has 2 atom stereocenters. The summed E-state index contributed by atoms with van der Waals surface area (Å²) in [5.74, 6) is 1.67. The Morgan fingerprint density at radius 2 is 2.27 bits per heavy atom. The van der Waals surface area contributed by atoms with Crippen molar-refractivity contribution in [2.24, 2.45) is 5.92 Å². The minimum Gasteiger partial charge on any atom is -0.301 e. The van der Waals surface area contributed by atoms with Crippen LogP contribution in [0, 0.1) is 5.92 Å². The van der Waals surface area contributed by atoms with Gasteiger partial charge in [0.1, 0.15) is 5.82 Å². The minimum atomic E-state index is 0.146. The highest BCUT2D eigenvalue weighted by molar-refractivity contribution is 5.92. The first-order chi connectivity index (χ1) is 10.6. The number of aromatic nitrogens is 1. The normalized spacial score (nSPS) is 21.1. The van der Waals surface area contributed by atoms with Crippen molar-refractivity contribution in [2.45, 2.75) is 52.5 Å². The minimum absolute atomic E-state index is 0.146. The van der Waals surface area contributed by atoms with Gasteiger partial charge in [0.2, 0.25) is 5.91 Å². The predicted octanol–water partition coefficient (Wildman–Crippen LogP) is 3.34. The first-order valence-corrected chi connectivity index (χ1v) is 8.57. The van der Waals surface area contributed by atoms with E-state index in [0.29, 0.717) is 6.42 Å². The maximum absolute atomic E-state index is 12.4. The van der Waals surface area contributed by atoms with Gasteiger partial charge in [-0.1, -0.05) is 26.3 Å². The van der Waals surface area contributed by atoms with Crippen LogP contribution in [0.15, 0.2) is 24.4 Å². The number of likely N-dealkylation sites (tertiary alicyclic amines) is 1. The molecule has 0 bridgehead atoms. The van der Waals surface area contributed by atoms with Gasteiger partial charge in [0.05, 0.1) is 0 Å². The Morgan fingerprint density at radius 3 is 2.95 bits per heavy atom. The van der Waals surface area contributed by atoms with E-state index >= 15 is 0 Å². The second-order valence-electron chi connectivity index (χ2n) is 6.51. The number of amides is 1. The summed E-state index contributed by atoms with van der Waals surface area (Å²) in [6, 6.07) is 5.90. The van der Waals surface area contributed by atoms with Crippen LogP contribution in [0.2, 0.25) is 0 Å². The fourth-order valence-corrected chi connectivity index (χ4v) is 3.34. The summed E-state index contributed by atoms with van der Waals surface area (Å²) in [5, 5.41) is 0. The zero-order chi connectivity index (χ0) is 15.9. The summed E-state index contributed by atoms with van der Waals surface area (Å²) >= 11 is 0. The van der Waals surface area contributed by atoms with Gasteiger partial charge in [-0.25, -0.2) is 4.98 Å². The lowest BCUT2D eigenvalue weighted by Crippen LogP contribution is -2.46. The van der Waals surface area contributed by atoms with Crippen molar-refractivity contribution in [1.82, 2.24) is 9.88 Å². The summed E-state index contributed by atoms with van der Waals surface area (Å²) < 4.78 is 0. The SMILES string of the molecule is CCC(=O)N(c1ccccn1)C(C)CN1CCCCC(C)C1. The maximum atomic E-state index is 12.4. The lowest BCUT2D eigenvalue weighted by Gasteiger charge is -2.33. The molecule has 1 aliphatic rings. The number of anilines is 1. The van der Waals surface area contributed by atoms with Crippen molar-refractivity contribution in [3.8, 4) is 0 Å². The van der Waals surface area contributed by atoms with Crippen LogP contribution in [-0.2, 0) is 4.79 Å². The molecule has 0 aliphatic carbocycles. The molecule has 1 fully saturated rings. The molecular weight excluding hydrogens is 274 g/mol. The Morgan fingerprint density at radius 1 is 1.45 bits per heavy atom. The number of hydrogen-bond donors (Lipinski definition) is 0. The van der Waals surface area contributed by atoms with Crippen molar-refractivity contribution in [3.63, 3.8) is 0 Å². The summed E-state index contributed by atoms with van der Waals surface area (Å²) in [6.07, 6.45) is 6.18. The maximum Gasteiger partial charge on any atom is 0.228 e. The fraction of sp³-hybridized carbons (Fsp3) is 0.667. The van der Waals surface area contributed by atoms with E-state index in [2.05, 4.69) is 23.7 Å². The summed E-state index contributed by atoms with van der Waals surface area (Å²) in [5.41, 5.74) is 0. The average molecular weight is 303 g/mol. The van der Waals surface area contributed by atoms with Crippen molar-refractivity contribution in [3.05, 3.63) is 24.4 Å². The number of nitrogens with zero attached hydrogens (tertiary/aromatic N) is 3. The molecular formula is C18H29N3O. The molecule has 0 N–H and O–H groups in total. The predicted molar refractivity (Wildman–Crippen MR) is 90.9 cm³/mol. The highest BCUT2D eigenvalue weighted by atomic mass is 16.2. The Labute approximate surface area is 134 Å². The molecule has 22 heavy (non-hydrogen) atoms. The van der Waals surface area contributed by atoms with E-state index in [1.54, 1.807) is 6.20 Å². The number of carbonyl (C=O) groups excluding carboxylic acids is 1. The molecule has 0 radical (unpaired) electrons. The summed E-state index contributed by atoms with van der Waals surface area (Å²) in [6.45, 7) is 9.59. The highest BCUT2D eigenvalue weighted by Crippen LogP contribution is 2.19. The number of carbonyl (C=O) groups is 1. The quantitative estimate of drug-likeness (QED) is 0.837. The molecule has 1 saturated heterocycles. The molecule has 4 heteroatoms. The Hall–Kier alpha value is -1.42. The number of hydrogen-bond acceptors (Lipinski definition) is 3. The molecule has 2 heterocycles. The highest BCUT2D eigenvalue weighted by Gasteiger charge is 2.24. The molecule has 0 aromatic carbocycles. The molecule has 122 valence electrons. The lowest BCUT2D eigenvalue weighted by molar-refractivity contribution is -0.118. The smallest absolute Gasteiger partial charge is 0.228 e. The van der Waals surface area contributed by atoms with Gasteiger partial charge < -0.3 is 4.90 Å². The fourth-order valence-electron chi connectivity index (χ4n) is 3.34. The molecule has 0 spiro atoms. The molecule has 4 nitrogen and oxygen atoms in total. The van der Waals surface area contributed by atoms with Gasteiger partial charge in [-0.15, -0.1) is 0 Å².